The first-order chi connectivity index (χ1) is 12.9. The lowest BCUT2D eigenvalue weighted by molar-refractivity contribution is 0.152. The first kappa shape index (κ1) is 20.8. The molecule has 1 atom stereocenters. The molecule has 0 aromatic heterocycles. The first-order valence-electron chi connectivity index (χ1n) is 10.7. The molecule has 0 spiro atoms. The number of fused-ring (bicyclic) bond motifs is 1. The summed E-state index contributed by atoms with van der Waals surface area (Å²) in [4.78, 5) is 2.58. The molecule has 1 heterocycles. The van der Waals surface area contributed by atoms with Crippen molar-refractivity contribution >= 4 is 10.0 Å². The minimum absolute atomic E-state index is 0.518. The van der Waals surface area contributed by atoms with E-state index in [9.17, 15) is 8.42 Å². The summed E-state index contributed by atoms with van der Waals surface area (Å²) in [5.74, 6) is 0.605. The molecule has 0 amide bonds. The molecule has 1 aliphatic heterocycles. The normalized spacial score (nSPS) is 20.6. The van der Waals surface area contributed by atoms with Gasteiger partial charge in [0.15, 0.2) is 0 Å². The predicted molar refractivity (Wildman–Crippen MR) is 113 cm³/mol. The van der Waals surface area contributed by atoms with Crippen LogP contribution in [0, 0.1) is 5.92 Å². The summed E-state index contributed by atoms with van der Waals surface area (Å²) in [7, 11) is -3.03. The third-order valence-corrected chi connectivity index (χ3v) is 7.81. The van der Waals surface area contributed by atoms with Crippen molar-refractivity contribution in [3.05, 3.63) is 34.9 Å². The molecule has 1 aromatic carbocycles. The highest BCUT2D eigenvalue weighted by Gasteiger charge is 2.27. The van der Waals surface area contributed by atoms with Crippen LogP contribution in [0.5, 0.6) is 0 Å². The molecule has 0 N–H and O–H groups in total. The predicted octanol–water partition coefficient (Wildman–Crippen LogP) is 3.49. The number of piperidine rings is 1. The molecule has 4 nitrogen and oxygen atoms in total. The van der Waals surface area contributed by atoms with Crippen molar-refractivity contribution in [2.45, 2.75) is 64.8 Å². The molecule has 1 fully saturated rings. The Balaban J connectivity index is 1.54. The van der Waals surface area contributed by atoms with Crippen LogP contribution in [-0.4, -0.2) is 56.1 Å². The maximum Gasteiger partial charge on any atom is 0.211 e. The molecule has 1 saturated heterocycles. The molecule has 5 heteroatoms. The maximum atomic E-state index is 11.7. The fraction of sp³-hybridized carbons (Fsp3) is 0.727. The third kappa shape index (κ3) is 5.55. The average Bonchev–Trinajstić information content (AvgIpc) is 2.65. The van der Waals surface area contributed by atoms with Crippen LogP contribution in [0.3, 0.4) is 0 Å². The van der Waals surface area contributed by atoms with Gasteiger partial charge in [0.2, 0.25) is 10.0 Å². The van der Waals surface area contributed by atoms with Gasteiger partial charge in [-0.25, -0.2) is 12.7 Å². The van der Waals surface area contributed by atoms with Crippen molar-refractivity contribution in [3.63, 3.8) is 0 Å². The van der Waals surface area contributed by atoms with Crippen molar-refractivity contribution in [1.82, 2.24) is 9.21 Å². The van der Waals surface area contributed by atoms with Gasteiger partial charge in [0.25, 0.3) is 0 Å². The molecule has 0 bridgehead atoms. The first-order valence-corrected chi connectivity index (χ1v) is 12.5. The number of likely N-dealkylation sites (N-methyl/N-ethyl adjacent to an activating group) is 1. The minimum Gasteiger partial charge on any atom is -0.300 e. The van der Waals surface area contributed by atoms with Gasteiger partial charge in [-0.2, -0.15) is 0 Å². The number of nitrogens with zero attached hydrogens (tertiary/aromatic N) is 2. The average molecular weight is 393 g/mol. The Morgan fingerprint density at radius 1 is 1.15 bits per heavy atom. The number of aryl methyl sites for hydroxylation is 2. The van der Waals surface area contributed by atoms with E-state index in [-0.39, 0.29) is 0 Å². The van der Waals surface area contributed by atoms with E-state index in [1.807, 2.05) is 0 Å². The highest BCUT2D eigenvalue weighted by atomic mass is 32.2. The second-order valence-electron chi connectivity index (χ2n) is 8.56. The van der Waals surface area contributed by atoms with Gasteiger partial charge in [-0.3, -0.25) is 0 Å². The number of sulfonamides is 1. The summed E-state index contributed by atoms with van der Waals surface area (Å²) in [6.45, 7) is 8.09. The van der Waals surface area contributed by atoms with Crippen molar-refractivity contribution in [1.29, 1.82) is 0 Å². The summed E-state index contributed by atoms with van der Waals surface area (Å²) < 4.78 is 25.0. The highest BCUT2D eigenvalue weighted by Crippen LogP contribution is 2.24. The van der Waals surface area contributed by atoms with Gasteiger partial charge in [-0.15, -0.1) is 0 Å². The van der Waals surface area contributed by atoms with E-state index in [4.69, 9.17) is 0 Å². The van der Waals surface area contributed by atoms with Crippen LogP contribution in [0.1, 0.15) is 56.2 Å². The number of benzene rings is 1. The Morgan fingerprint density at radius 3 is 2.44 bits per heavy atom. The Hall–Kier alpha value is -0.910. The van der Waals surface area contributed by atoms with E-state index in [2.05, 4.69) is 36.9 Å². The quantitative estimate of drug-likeness (QED) is 0.713. The molecule has 152 valence electrons. The van der Waals surface area contributed by atoms with Crippen molar-refractivity contribution in [3.8, 4) is 0 Å². The Labute approximate surface area is 166 Å². The van der Waals surface area contributed by atoms with E-state index in [0.29, 0.717) is 25.0 Å². The third-order valence-electron chi connectivity index (χ3n) is 6.51. The lowest BCUT2D eigenvalue weighted by Crippen LogP contribution is -2.43. The minimum atomic E-state index is -3.03. The lowest BCUT2D eigenvalue weighted by Gasteiger charge is -2.36. The highest BCUT2D eigenvalue weighted by molar-refractivity contribution is 7.88. The summed E-state index contributed by atoms with van der Waals surface area (Å²) >= 11 is 0. The molecule has 1 unspecified atom stereocenters. The monoisotopic (exact) mass is 392 g/mol. The van der Waals surface area contributed by atoms with Gasteiger partial charge in [0.05, 0.1) is 6.26 Å². The molecule has 3 rings (SSSR count). The molecular formula is C22H36N2O2S. The molecule has 1 aromatic rings. The molecule has 0 saturated carbocycles. The van der Waals surface area contributed by atoms with Crippen LogP contribution >= 0.6 is 0 Å². The fourth-order valence-electron chi connectivity index (χ4n) is 4.76. The Bertz CT molecular complexity index is 724. The SMILES string of the molecule is CCN(CC1CCN(S(C)(=O)=O)CC1)C(C)Cc1ccc2c(c1)CCCC2. The number of hydrogen-bond donors (Lipinski definition) is 0. The van der Waals surface area contributed by atoms with Crippen LogP contribution < -0.4 is 0 Å². The molecule has 27 heavy (non-hydrogen) atoms. The molecule has 0 radical (unpaired) electrons. The molecular weight excluding hydrogens is 356 g/mol. The van der Waals surface area contributed by atoms with Crippen LogP contribution in [-0.2, 0) is 29.3 Å². The largest absolute Gasteiger partial charge is 0.300 e. The van der Waals surface area contributed by atoms with Crippen LogP contribution in [0.15, 0.2) is 18.2 Å². The summed E-state index contributed by atoms with van der Waals surface area (Å²) in [6.07, 6.45) is 9.55. The van der Waals surface area contributed by atoms with E-state index in [1.54, 1.807) is 15.4 Å². The van der Waals surface area contributed by atoms with Gasteiger partial charge in [0, 0.05) is 25.7 Å². The van der Waals surface area contributed by atoms with Crippen LogP contribution in [0.25, 0.3) is 0 Å². The van der Waals surface area contributed by atoms with E-state index in [1.165, 1.54) is 37.5 Å². The number of hydrogen-bond acceptors (Lipinski definition) is 3. The van der Waals surface area contributed by atoms with E-state index in [0.717, 1.165) is 32.4 Å². The maximum absolute atomic E-state index is 11.7. The van der Waals surface area contributed by atoms with Gasteiger partial charge in [0.1, 0.15) is 0 Å². The fourth-order valence-corrected chi connectivity index (χ4v) is 5.63. The van der Waals surface area contributed by atoms with Crippen LogP contribution in [0.4, 0.5) is 0 Å². The van der Waals surface area contributed by atoms with E-state index >= 15 is 0 Å². The zero-order valence-corrected chi connectivity index (χ0v) is 18.1. The zero-order chi connectivity index (χ0) is 19.4. The summed E-state index contributed by atoms with van der Waals surface area (Å²) in [6, 6.07) is 7.65. The number of rotatable bonds is 7. The summed E-state index contributed by atoms with van der Waals surface area (Å²) in [5.41, 5.74) is 4.60. The van der Waals surface area contributed by atoms with Gasteiger partial charge < -0.3 is 4.90 Å². The summed E-state index contributed by atoms with van der Waals surface area (Å²) in [5, 5.41) is 0. The zero-order valence-electron chi connectivity index (χ0n) is 17.3. The van der Waals surface area contributed by atoms with Crippen molar-refractivity contribution in [2.24, 2.45) is 5.92 Å². The second-order valence-corrected chi connectivity index (χ2v) is 10.5. The standard InChI is InChI=1S/C22H36N2O2S/c1-4-23(17-19-11-13-24(14-12-19)27(3,25)26)18(2)15-20-9-10-21-7-5-6-8-22(21)16-20/h9-10,16,18-19H,4-8,11-15,17H2,1-3H3. The lowest BCUT2D eigenvalue weighted by atomic mass is 9.89. The molecule has 1 aliphatic carbocycles. The van der Waals surface area contributed by atoms with Crippen LogP contribution in [0.2, 0.25) is 0 Å². The van der Waals surface area contributed by atoms with Gasteiger partial charge >= 0.3 is 0 Å². The second kappa shape index (κ2) is 9.06. The Kier molecular flexibility index (Phi) is 6.98. The van der Waals surface area contributed by atoms with E-state index < -0.39 is 10.0 Å². The van der Waals surface area contributed by atoms with Crippen molar-refractivity contribution < 1.29 is 8.42 Å². The van der Waals surface area contributed by atoms with Crippen molar-refractivity contribution in [2.75, 3.05) is 32.4 Å². The smallest absolute Gasteiger partial charge is 0.211 e. The molecule has 2 aliphatic rings. The van der Waals surface area contributed by atoms with Gasteiger partial charge in [-0.05, 0) is 81.0 Å². The Morgan fingerprint density at radius 2 is 1.81 bits per heavy atom. The van der Waals surface area contributed by atoms with Gasteiger partial charge in [-0.1, -0.05) is 25.1 Å². The topological polar surface area (TPSA) is 40.6 Å².